The van der Waals surface area contributed by atoms with E-state index in [0.29, 0.717) is 17.3 Å². The first-order chi connectivity index (χ1) is 13.1. The van der Waals surface area contributed by atoms with Gasteiger partial charge in [0.05, 0.1) is 18.7 Å². The Balaban J connectivity index is 1.57. The van der Waals surface area contributed by atoms with E-state index in [9.17, 15) is 4.79 Å². The fourth-order valence-electron chi connectivity index (χ4n) is 3.50. The highest BCUT2D eigenvalue weighted by atomic mass is 32.1. The van der Waals surface area contributed by atoms with Crippen molar-refractivity contribution in [1.82, 2.24) is 20.1 Å². The molecule has 0 saturated carbocycles. The van der Waals surface area contributed by atoms with Crippen molar-refractivity contribution in [2.45, 2.75) is 32.6 Å². The van der Waals surface area contributed by atoms with Crippen LogP contribution in [0.2, 0.25) is 0 Å². The van der Waals surface area contributed by atoms with Gasteiger partial charge in [0.2, 0.25) is 0 Å². The zero-order valence-corrected chi connectivity index (χ0v) is 16.1. The molecule has 4 rings (SSSR count). The summed E-state index contributed by atoms with van der Waals surface area (Å²) >= 11 is 1.47. The Morgan fingerprint density at radius 1 is 1.22 bits per heavy atom. The third-order valence-corrected chi connectivity index (χ3v) is 5.78. The SMILES string of the molecule is Cc1nnc(-c2ccc3cnc(CC(=O)CN4CCCCC4)c(F)c3c2)s1. The van der Waals surface area contributed by atoms with Crippen molar-refractivity contribution in [3.8, 4) is 10.6 Å². The Bertz CT molecular complexity index is 981. The fraction of sp³-hybridized carbons (Fsp3) is 0.400. The second-order valence-electron chi connectivity index (χ2n) is 7.00. The number of benzene rings is 1. The molecule has 0 radical (unpaired) electrons. The van der Waals surface area contributed by atoms with Crippen LogP contribution in [0.5, 0.6) is 0 Å². The van der Waals surface area contributed by atoms with Gasteiger partial charge in [0.1, 0.15) is 10.0 Å². The molecule has 0 unspecified atom stereocenters. The zero-order chi connectivity index (χ0) is 18.8. The number of rotatable bonds is 5. The maximum Gasteiger partial charge on any atom is 0.152 e. The number of aromatic nitrogens is 3. The first-order valence-electron chi connectivity index (χ1n) is 9.22. The summed E-state index contributed by atoms with van der Waals surface area (Å²) in [5.41, 5.74) is 1.04. The van der Waals surface area contributed by atoms with Crippen LogP contribution in [0, 0.1) is 12.7 Å². The van der Waals surface area contributed by atoms with Crippen molar-refractivity contribution in [3.63, 3.8) is 0 Å². The lowest BCUT2D eigenvalue weighted by Crippen LogP contribution is -2.35. The number of fused-ring (bicyclic) bond motifs is 1. The number of likely N-dealkylation sites (tertiary alicyclic amines) is 1. The molecule has 0 aliphatic carbocycles. The second-order valence-corrected chi connectivity index (χ2v) is 8.18. The number of nitrogens with zero attached hydrogens (tertiary/aromatic N) is 4. The number of hydrogen-bond acceptors (Lipinski definition) is 6. The molecule has 1 aromatic carbocycles. The van der Waals surface area contributed by atoms with Gasteiger partial charge in [0.25, 0.3) is 0 Å². The summed E-state index contributed by atoms with van der Waals surface area (Å²) < 4.78 is 15.0. The number of carbonyl (C=O) groups excluding carboxylic acids is 1. The molecule has 5 nitrogen and oxygen atoms in total. The minimum Gasteiger partial charge on any atom is -0.298 e. The molecular formula is C20H21FN4OS. The molecule has 0 N–H and O–H groups in total. The van der Waals surface area contributed by atoms with Gasteiger partial charge in [-0.2, -0.15) is 0 Å². The monoisotopic (exact) mass is 384 g/mol. The lowest BCUT2D eigenvalue weighted by Gasteiger charge is -2.25. The van der Waals surface area contributed by atoms with Gasteiger partial charge in [-0.15, -0.1) is 10.2 Å². The van der Waals surface area contributed by atoms with Crippen LogP contribution in [0.15, 0.2) is 24.4 Å². The molecule has 0 spiro atoms. The molecule has 1 fully saturated rings. The van der Waals surface area contributed by atoms with E-state index < -0.39 is 5.82 Å². The molecule has 2 aromatic heterocycles. The number of hydrogen-bond donors (Lipinski definition) is 0. The van der Waals surface area contributed by atoms with Gasteiger partial charge in [-0.1, -0.05) is 29.9 Å². The van der Waals surface area contributed by atoms with Crippen molar-refractivity contribution in [1.29, 1.82) is 0 Å². The van der Waals surface area contributed by atoms with Gasteiger partial charge in [-0.25, -0.2) is 4.39 Å². The van der Waals surface area contributed by atoms with Crippen molar-refractivity contribution < 1.29 is 9.18 Å². The maximum atomic E-state index is 15.0. The van der Waals surface area contributed by atoms with Crippen molar-refractivity contribution >= 4 is 27.9 Å². The average molecular weight is 384 g/mol. The Kier molecular flexibility index (Phi) is 5.22. The van der Waals surface area contributed by atoms with Gasteiger partial charge in [0, 0.05) is 22.5 Å². The van der Waals surface area contributed by atoms with Gasteiger partial charge >= 0.3 is 0 Å². The summed E-state index contributed by atoms with van der Waals surface area (Å²) in [6, 6.07) is 5.49. The molecule has 3 heterocycles. The van der Waals surface area contributed by atoms with E-state index in [1.165, 1.54) is 17.8 Å². The Morgan fingerprint density at radius 2 is 2.04 bits per heavy atom. The van der Waals surface area contributed by atoms with Gasteiger partial charge in [-0.3, -0.25) is 14.7 Å². The van der Waals surface area contributed by atoms with E-state index in [1.807, 2.05) is 19.1 Å². The number of aryl methyl sites for hydroxylation is 1. The molecule has 1 aliphatic heterocycles. The quantitative estimate of drug-likeness (QED) is 0.670. The van der Waals surface area contributed by atoms with Crippen molar-refractivity contribution in [3.05, 3.63) is 40.9 Å². The van der Waals surface area contributed by atoms with E-state index in [4.69, 9.17) is 0 Å². The third-order valence-electron chi connectivity index (χ3n) is 4.89. The molecule has 1 saturated heterocycles. The first kappa shape index (κ1) is 18.1. The summed E-state index contributed by atoms with van der Waals surface area (Å²) in [7, 11) is 0. The van der Waals surface area contributed by atoms with Crippen LogP contribution in [0.4, 0.5) is 4.39 Å². The fourth-order valence-corrected chi connectivity index (χ4v) is 4.19. The van der Waals surface area contributed by atoms with E-state index in [1.54, 1.807) is 12.3 Å². The van der Waals surface area contributed by atoms with Crippen LogP contribution in [-0.4, -0.2) is 45.5 Å². The number of piperidine rings is 1. The van der Waals surface area contributed by atoms with E-state index in [0.717, 1.165) is 41.5 Å². The highest BCUT2D eigenvalue weighted by molar-refractivity contribution is 7.14. The largest absolute Gasteiger partial charge is 0.298 e. The number of ketones is 1. The third kappa shape index (κ3) is 4.04. The van der Waals surface area contributed by atoms with Crippen molar-refractivity contribution in [2.24, 2.45) is 0 Å². The number of carbonyl (C=O) groups is 1. The zero-order valence-electron chi connectivity index (χ0n) is 15.2. The van der Waals surface area contributed by atoms with Crippen LogP contribution >= 0.6 is 11.3 Å². The molecule has 0 bridgehead atoms. The van der Waals surface area contributed by atoms with Crippen molar-refractivity contribution in [2.75, 3.05) is 19.6 Å². The minimum absolute atomic E-state index is 0.0125. The summed E-state index contributed by atoms with van der Waals surface area (Å²) in [5, 5.41) is 11.0. The average Bonchev–Trinajstić information content (AvgIpc) is 3.11. The summed E-state index contributed by atoms with van der Waals surface area (Å²) in [6.45, 7) is 4.16. The molecule has 140 valence electrons. The topological polar surface area (TPSA) is 59.0 Å². The molecule has 27 heavy (non-hydrogen) atoms. The number of pyridine rings is 1. The summed E-state index contributed by atoms with van der Waals surface area (Å²) in [6.07, 6.45) is 5.15. The highest BCUT2D eigenvalue weighted by Crippen LogP contribution is 2.28. The predicted octanol–water partition coefficient (Wildman–Crippen LogP) is 3.80. The van der Waals surface area contributed by atoms with E-state index >= 15 is 4.39 Å². The molecule has 0 atom stereocenters. The first-order valence-corrected chi connectivity index (χ1v) is 10.0. The lowest BCUT2D eigenvalue weighted by atomic mass is 10.1. The molecule has 0 amide bonds. The number of Topliss-reactive ketones (excluding diaryl/α,β-unsaturated/α-hetero) is 1. The predicted molar refractivity (Wildman–Crippen MR) is 104 cm³/mol. The Labute approximate surface area is 161 Å². The normalized spacial score (nSPS) is 15.3. The summed E-state index contributed by atoms with van der Waals surface area (Å²) in [5.74, 6) is -0.402. The van der Waals surface area contributed by atoms with Crippen LogP contribution in [-0.2, 0) is 11.2 Å². The van der Waals surface area contributed by atoms with Crippen LogP contribution in [0.3, 0.4) is 0 Å². The second kappa shape index (κ2) is 7.78. The molecule has 1 aliphatic rings. The van der Waals surface area contributed by atoms with Crippen LogP contribution < -0.4 is 0 Å². The smallest absolute Gasteiger partial charge is 0.152 e. The van der Waals surface area contributed by atoms with E-state index in [-0.39, 0.29) is 17.9 Å². The van der Waals surface area contributed by atoms with E-state index in [2.05, 4.69) is 20.1 Å². The number of halogens is 1. The summed E-state index contributed by atoms with van der Waals surface area (Å²) in [4.78, 5) is 18.8. The minimum atomic E-state index is -0.414. The van der Waals surface area contributed by atoms with Gasteiger partial charge in [-0.05, 0) is 38.9 Å². The Morgan fingerprint density at radius 3 is 2.78 bits per heavy atom. The lowest BCUT2D eigenvalue weighted by molar-refractivity contribution is -0.119. The standard InChI is InChI=1S/C20H21FN4OS/c1-13-23-24-20(27-13)14-5-6-15-11-22-18(19(21)17(15)9-14)10-16(26)12-25-7-3-2-4-8-25/h5-6,9,11H,2-4,7-8,10,12H2,1H3. The van der Waals surface area contributed by atoms with Crippen LogP contribution in [0.25, 0.3) is 21.3 Å². The van der Waals surface area contributed by atoms with Crippen LogP contribution in [0.1, 0.15) is 30.0 Å². The van der Waals surface area contributed by atoms with Gasteiger partial charge in [0.15, 0.2) is 11.6 Å². The maximum absolute atomic E-state index is 15.0. The highest BCUT2D eigenvalue weighted by Gasteiger charge is 2.18. The molecule has 3 aromatic rings. The molecular weight excluding hydrogens is 363 g/mol. The Hall–Kier alpha value is -2.25. The molecule has 7 heteroatoms. The van der Waals surface area contributed by atoms with Gasteiger partial charge < -0.3 is 0 Å².